The average molecular weight is 450 g/mol. The zero-order valence-electron chi connectivity index (χ0n) is 19.1. The van der Waals surface area contributed by atoms with Gasteiger partial charge in [0.2, 0.25) is 0 Å². The number of aliphatic hydroxyl groups excluding tert-OH is 1. The van der Waals surface area contributed by atoms with Gasteiger partial charge in [-0.25, -0.2) is 4.98 Å². The van der Waals surface area contributed by atoms with Crippen molar-refractivity contribution in [3.05, 3.63) is 11.1 Å². The Kier molecular flexibility index (Phi) is 7.55. The SMILES string of the molecule is CC(C)NCC(O)COc1ncc(C(=O)NCCCCC23CC4CC(CC(C4)C2)C3)s1. The summed E-state index contributed by atoms with van der Waals surface area (Å²) in [6.45, 7) is 5.42. The third-order valence-electron chi connectivity index (χ3n) is 7.45. The number of hydrogen-bond donors (Lipinski definition) is 3. The second-order valence-corrected chi connectivity index (χ2v) is 11.6. The van der Waals surface area contributed by atoms with E-state index in [4.69, 9.17) is 4.74 Å². The van der Waals surface area contributed by atoms with Crippen LogP contribution in [0.5, 0.6) is 5.19 Å². The predicted molar refractivity (Wildman–Crippen MR) is 124 cm³/mol. The fourth-order valence-electron chi connectivity index (χ4n) is 6.54. The number of thiazole rings is 1. The highest BCUT2D eigenvalue weighted by atomic mass is 32.1. The van der Waals surface area contributed by atoms with Crippen LogP contribution in [0.25, 0.3) is 0 Å². The maximum absolute atomic E-state index is 12.4. The van der Waals surface area contributed by atoms with Gasteiger partial charge in [-0.2, -0.15) is 0 Å². The summed E-state index contributed by atoms with van der Waals surface area (Å²) in [5.74, 6) is 2.97. The van der Waals surface area contributed by atoms with Crippen molar-refractivity contribution in [2.75, 3.05) is 19.7 Å². The van der Waals surface area contributed by atoms with Crippen molar-refractivity contribution in [2.24, 2.45) is 23.2 Å². The lowest BCUT2D eigenvalue weighted by atomic mass is 9.48. The second kappa shape index (κ2) is 10.2. The summed E-state index contributed by atoms with van der Waals surface area (Å²) in [7, 11) is 0. The largest absolute Gasteiger partial charge is 0.467 e. The molecule has 4 aliphatic rings. The van der Waals surface area contributed by atoms with Crippen LogP contribution in [0.2, 0.25) is 0 Å². The fraction of sp³-hybridized carbons (Fsp3) is 0.833. The van der Waals surface area contributed by atoms with Gasteiger partial charge >= 0.3 is 0 Å². The Labute approximate surface area is 190 Å². The smallest absolute Gasteiger partial charge is 0.273 e. The summed E-state index contributed by atoms with van der Waals surface area (Å²) in [5, 5.41) is 16.5. The minimum Gasteiger partial charge on any atom is -0.467 e. The van der Waals surface area contributed by atoms with Crippen LogP contribution in [0.1, 0.15) is 81.3 Å². The Morgan fingerprint density at radius 1 is 1.23 bits per heavy atom. The Balaban J connectivity index is 1.12. The number of carbonyl (C=O) groups excluding carboxylic acids is 1. The van der Waals surface area contributed by atoms with Gasteiger partial charge in [0, 0.05) is 19.1 Å². The van der Waals surface area contributed by atoms with Gasteiger partial charge in [0.1, 0.15) is 17.6 Å². The number of aliphatic hydroxyl groups is 1. The molecule has 1 atom stereocenters. The first-order valence-corrected chi connectivity index (χ1v) is 13.0. The number of ether oxygens (including phenoxy) is 1. The third kappa shape index (κ3) is 6.20. The Bertz CT molecular complexity index is 700. The minimum absolute atomic E-state index is 0.0795. The van der Waals surface area contributed by atoms with E-state index in [1.54, 1.807) is 6.20 Å². The molecule has 3 N–H and O–H groups in total. The lowest BCUT2D eigenvalue weighted by Gasteiger charge is -2.57. The quantitative estimate of drug-likeness (QED) is 0.420. The lowest BCUT2D eigenvalue weighted by Crippen LogP contribution is -2.45. The third-order valence-corrected chi connectivity index (χ3v) is 8.36. The van der Waals surface area contributed by atoms with Gasteiger partial charge in [-0.3, -0.25) is 4.79 Å². The van der Waals surface area contributed by atoms with E-state index in [0.717, 1.165) is 30.7 Å². The van der Waals surface area contributed by atoms with Crippen LogP contribution in [0.15, 0.2) is 6.20 Å². The molecule has 1 aromatic heterocycles. The molecule has 0 saturated heterocycles. The van der Waals surface area contributed by atoms with Crippen LogP contribution >= 0.6 is 11.3 Å². The molecule has 4 bridgehead atoms. The molecule has 5 rings (SSSR count). The molecule has 1 heterocycles. The first kappa shape index (κ1) is 23.0. The number of carbonyl (C=O) groups is 1. The summed E-state index contributed by atoms with van der Waals surface area (Å²) in [4.78, 5) is 17.1. The molecule has 4 saturated carbocycles. The monoisotopic (exact) mass is 449 g/mol. The van der Waals surface area contributed by atoms with Crippen molar-refractivity contribution < 1.29 is 14.6 Å². The van der Waals surface area contributed by atoms with Gasteiger partial charge in [-0.1, -0.05) is 31.6 Å². The summed E-state index contributed by atoms with van der Waals surface area (Å²) in [5.41, 5.74) is 0.637. The summed E-state index contributed by atoms with van der Waals surface area (Å²) in [6, 6.07) is 0.317. The van der Waals surface area contributed by atoms with Crippen LogP contribution in [0.3, 0.4) is 0 Å². The molecule has 1 aromatic rings. The van der Waals surface area contributed by atoms with Crippen LogP contribution in [0.4, 0.5) is 0 Å². The first-order chi connectivity index (χ1) is 14.9. The fourth-order valence-corrected chi connectivity index (χ4v) is 7.23. The maximum atomic E-state index is 12.4. The number of amides is 1. The normalized spacial score (nSPS) is 30.0. The van der Waals surface area contributed by atoms with Crippen LogP contribution in [-0.4, -0.2) is 47.8 Å². The number of nitrogens with zero attached hydrogens (tertiary/aromatic N) is 1. The highest BCUT2D eigenvalue weighted by Gasteiger charge is 2.50. The Morgan fingerprint density at radius 2 is 1.90 bits per heavy atom. The van der Waals surface area contributed by atoms with Crippen LogP contribution in [0, 0.1) is 23.2 Å². The van der Waals surface area contributed by atoms with Crippen molar-refractivity contribution >= 4 is 17.2 Å². The second-order valence-electron chi connectivity index (χ2n) is 10.6. The van der Waals surface area contributed by atoms with Gasteiger partial charge in [0.25, 0.3) is 11.1 Å². The van der Waals surface area contributed by atoms with Crippen LogP contribution in [-0.2, 0) is 0 Å². The molecule has 1 unspecified atom stereocenters. The molecule has 1 amide bonds. The number of nitrogens with one attached hydrogen (secondary N) is 2. The molecular formula is C24H39N3O3S. The summed E-state index contributed by atoms with van der Waals surface area (Å²) < 4.78 is 5.53. The summed E-state index contributed by atoms with van der Waals surface area (Å²) >= 11 is 1.23. The van der Waals surface area contributed by atoms with Crippen molar-refractivity contribution in [2.45, 2.75) is 83.8 Å². The molecule has 4 fully saturated rings. The zero-order chi connectivity index (χ0) is 21.8. The highest BCUT2D eigenvalue weighted by Crippen LogP contribution is 2.61. The van der Waals surface area contributed by atoms with Crippen molar-refractivity contribution in [1.82, 2.24) is 15.6 Å². The van der Waals surface area contributed by atoms with E-state index in [1.807, 2.05) is 13.8 Å². The van der Waals surface area contributed by atoms with Gasteiger partial charge < -0.3 is 20.5 Å². The molecule has 0 aromatic carbocycles. The molecular weight excluding hydrogens is 410 g/mol. The van der Waals surface area contributed by atoms with E-state index < -0.39 is 6.10 Å². The predicted octanol–water partition coefficient (Wildman–Crippen LogP) is 4.00. The van der Waals surface area contributed by atoms with Gasteiger partial charge in [-0.05, 0) is 74.5 Å². The minimum atomic E-state index is -0.599. The highest BCUT2D eigenvalue weighted by molar-refractivity contribution is 7.15. The lowest BCUT2D eigenvalue weighted by molar-refractivity contribution is -0.0582. The number of rotatable bonds is 12. The first-order valence-electron chi connectivity index (χ1n) is 12.2. The number of unbranched alkanes of at least 4 members (excludes halogenated alkanes) is 1. The molecule has 0 spiro atoms. The summed E-state index contributed by atoms with van der Waals surface area (Å²) in [6.07, 6.45) is 13.5. The zero-order valence-corrected chi connectivity index (χ0v) is 19.9. The van der Waals surface area contributed by atoms with Crippen molar-refractivity contribution in [3.63, 3.8) is 0 Å². The van der Waals surface area contributed by atoms with Gasteiger partial charge in [-0.15, -0.1) is 0 Å². The molecule has 0 radical (unpaired) electrons. The standard InChI is InChI=1S/C24H39N3O3S/c1-16(2)26-13-20(28)15-30-23-27-14-21(31-23)22(29)25-6-4-3-5-24-10-17-7-18(11-24)9-19(8-17)12-24/h14,16-20,26,28H,3-13,15H2,1-2H3,(H,25,29). The van der Waals surface area contributed by atoms with E-state index in [9.17, 15) is 9.90 Å². The maximum Gasteiger partial charge on any atom is 0.273 e. The van der Waals surface area contributed by atoms with Crippen molar-refractivity contribution in [1.29, 1.82) is 0 Å². The van der Waals surface area contributed by atoms with E-state index in [2.05, 4.69) is 15.6 Å². The molecule has 4 aliphatic carbocycles. The van der Waals surface area contributed by atoms with Gasteiger partial charge in [0.05, 0.1) is 6.20 Å². The molecule has 174 valence electrons. The average Bonchev–Trinajstić information content (AvgIpc) is 3.18. The Hall–Kier alpha value is -1.18. The van der Waals surface area contributed by atoms with Gasteiger partial charge in [0.15, 0.2) is 0 Å². The number of aromatic nitrogens is 1. The molecule has 31 heavy (non-hydrogen) atoms. The molecule has 7 heteroatoms. The Morgan fingerprint density at radius 3 is 2.55 bits per heavy atom. The molecule has 6 nitrogen and oxygen atoms in total. The van der Waals surface area contributed by atoms with E-state index >= 15 is 0 Å². The van der Waals surface area contributed by atoms with Crippen LogP contribution < -0.4 is 15.4 Å². The topological polar surface area (TPSA) is 83.5 Å². The van der Waals surface area contributed by atoms with E-state index in [0.29, 0.717) is 28.1 Å². The number of hydrogen-bond acceptors (Lipinski definition) is 6. The van der Waals surface area contributed by atoms with Crippen molar-refractivity contribution in [3.8, 4) is 5.19 Å². The van der Waals surface area contributed by atoms with E-state index in [-0.39, 0.29) is 12.5 Å². The van der Waals surface area contributed by atoms with E-state index in [1.165, 1.54) is 62.7 Å². The molecule has 0 aliphatic heterocycles.